The Morgan fingerprint density at radius 2 is 2.31 bits per heavy atom. The van der Waals surface area contributed by atoms with Gasteiger partial charge in [0, 0.05) is 25.6 Å². The van der Waals surface area contributed by atoms with Gasteiger partial charge >= 0.3 is 0 Å². The molecule has 0 bridgehead atoms. The lowest BCUT2D eigenvalue weighted by molar-refractivity contribution is -0.121. The van der Waals surface area contributed by atoms with Crippen LogP contribution in [0.25, 0.3) is 0 Å². The van der Waals surface area contributed by atoms with Crippen LogP contribution < -0.4 is 10.6 Å². The summed E-state index contributed by atoms with van der Waals surface area (Å²) in [5.41, 5.74) is 0. The number of sulfone groups is 1. The van der Waals surface area contributed by atoms with E-state index in [-0.39, 0.29) is 36.4 Å². The molecule has 1 saturated heterocycles. The molecule has 0 radical (unpaired) electrons. The zero-order valence-electron chi connectivity index (χ0n) is 9.27. The van der Waals surface area contributed by atoms with Crippen LogP contribution in [0.1, 0.15) is 13.3 Å². The van der Waals surface area contributed by atoms with Crippen LogP contribution in [0.4, 0.5) is 0 Å². The Morgan fingerprint density at radius 3 is 2.88 bits per heavy atom. The number of nitrogens with one attached hydrogen (secondary N) is 2. The van der Waals surface area contributed by atoms with Crippen molar-refractivity contribution in [2.45, 2.75) is 25.5 Å². The first-order valence-electron chi connectivity index (χ1n) is 5.27. The summed E-state index contributed by atoms with van der Waals surface area (Å²) in [5.74, 6) is -0.0936. The van der Waals surface area contributed by atoms with Crippen LogP contribution in [0, 0.1) is 0 Å². The fourth-order valence-corrected chi connectivity index (χ4v) is 3.00. The van der Waals surface area contributed by atoms with E-state index in [4.69, 9.17) is 5.11 Å². The maximum Gasteiger partial charge on any atom is 0.221 e. The zero-order valence-corrected chi connectivity index (χ0v) is 10.1. The monoisotopic (exact) mass is 250 g/mol. The standard InChI is InChI=1S/C9H18N2O4S/c1-7(12)5-11-9(13)4-8-6-16(14,15)3-2-10-8/h7-8,10,12H,2-6H2,1H3,(H,11,13)/t7-,8?/m0/s1. The first-order valence-corrected chi connectivity index (χ1v) is 7.10. The molecule has 1 fully saturated rings. The minimum Gasteiger partial charge on any atom is -0.392 e. The Bertz CT molecular complexity index is 339. The number of carbonyl (C=O) groups is 1. The fourth-order valence-electron chi connectivity index (χ4n) is 1.56. The summed E-state index contributed by atoms with van der Waals surface area (Å²) in [4.78, 5) is 11.4. The maximum absolute atomic E-state index is 11.4. The number of aliphatic hydroxyl groups is 1. The summed E-state index contributed by atoms with van der Waals surface area (Å²) in [6.45, 7) is 2.17. The molecule has 2 atom stereocenters. The normalized spacial score (nSPS) is 26.0. The van der Waals surface area contributed by atoms with Gasteiger partial charge in [-0.2, -0.15) is 0 Å². The molecule has 0 aromatic heterocycles. The summed E-state index contributed by atoms with van der Waals surface area (Å²) in [5, 5.41) is 14.5. The highest BCUT2D eigenvalue weighted by Gasteiger charge is 2.25. The van der Waals surface area contributed by atoms with Gasteiger partial charge in [-0.15, -0.1) is 0 Å². The van der Waals surface area contributed by atoms with Gasteiger partial charge in [-0.3, -0.25) is 4.79 Å². The average molecular weight is 250 g/mol. The van der Waals surface area contributed by atoms with Gasteiger partial charge in [-0.05, 0) is 6.92 Å². The molecule has 16 heavy (non-hydrogen) atoms. The molecular weight excluding hydrogens is 232 g/mol. The van der Waals surface area contributed by atoms with E-state index < -0.39 is 15.9 Å². The molecule has 0 aromatic rings. The van der Waals surface area contributed by atoms with E-state index in [9.17, 15) is 13.2 Å². The predicted molar refractivity (Wildman–Crippen MR) is 59.8 cm³/mol. The van der Waals surface area contributed by atoms with Crippen LogP contribution in [0.3, 0.4) is 0 Å². The lowest BCUT2D eigenvalue weighted by atomic mass is 10.2. The Balaban J connectivity index is 2.34. The van der Waals surface area contributed by atoms with E-state index in [0.717, 1.165) is 0 Å². The molecule has 3 N–H and O–H groups in total. The summed E-state index contributed by atoms with van der Waals surface area (Å²) in [6, 6.07) is -0.312. The summed E-state index contributed by atoms with van der Waals surface area (Å²) < 4.78 is 22.6. The summed E-state index contributed by atoms with van der Waals surface area (Å²) in [6.07, 6.45) is -0.460. The lowest BCUT2D eigenvalue weighted by Crippen LogP contribution is -2.47. The van der Waals surface area contributed by atoms with Gasteiger partial charge in [0.15, 0.2) is 9.84 Å². The zero-order chi connectivity index (χ0) is 12.2. The Labute approximate surface area is 95.3 Å². The minimum atomic E-state index is -3.00. The van der Waals surface area contributed by atoms with Crippen LogP contribution in [0.15, 0.2) is 0 Å². The quantitative estimate of drug-likeness (QED) is 0.550. The van der Waals surface area contributed by atoms with Crippen molar-refractivity contribution in [2.24, 2.45) is 0 Å². The van der Waals surface area contributed by atoms with E-state index in [0.29, 0.717) is 6.54 Å². The summed E-state index contributed by atoms with van der Waals surface area (Å²) in [7, 11) is -3.00. The smallest absolute Gasteiger partial charge is 0.221 e. The lowest BCUT2D eigenvalue weighted by Gasteiger charge is -2.23. The molecule has 1 aliphatic rings. The Hall–Kier alpha value is -0.660. The first-order chi connectivity index (χ1) is 7.39. The van der Waals surface area contributed by atoms with Gasteiger partial charge in [0.2, 0.25) is 5.91 Å². The number of hydrogen-bond acceptors (Lipinski definition) is 5. The fraction of sp³-hybridized carbons (Fsp3) is 0.889. The van der Waals surface area contributed by atoms with Crippen LogP contribution in [-0.2, 0) is 14.6 Å². The van der Waals surface area contributed by atoms with E-state index in [2.05, 4.69) is 10.6 Å². The van der Waals surface area contributed by atoms with Gasteiger partial charge in [-0.1, -0.05) is 0 Å². The second-order valence-electron chi connectivity index (χ2n) is 4.12. The minimum absolute atomic E-state index is 0.00903. The van der Waals surface area contributed by atoms with Crippen molar-refractivity contribution in [1.29, 1.82) is 0 Å². The van der Waals surface area contributed by atoms with Crippen molar-refractivity contribution in [3.05, 3.63) is 0 Å². The number of aliphatic hydroxyl groups excluding tert-OH is 1. The van der Waals surface area contributed by atoms with Gasteiger partial charge < -0.3 is 15.7 Å². The predicted octanol–water partition coefficient (Wildman–Crippen LogP) is -1.74. The molecule has 1 heterocycles. The number of amides is 1. The van der Waals surface area contributed by atoms with Crippen LogP contribution in [-0.4, -0.2) is 56.2 Å². The second kappa shape index (κ2) is 5.60. The first kappa shape index (κ1) is 13.4. The highest BCUT2D eigenvalue weighted by atomic mass is 32.2. The van der Waals surface area contributed by atoms with Crippen LogP contribution in [0.5, 0.6) is 0 Å². The third-order valence-corrected chi connectivity index (χ3v) is 4.06. The highest BCUT2D eigenvalue weighted by molar-refractivity contribution is 7.91. The van der Waals surface area contributed by atoms with Crippen molar-refractivity contribution in [1.82, 2.24) is 10.6 Å². The maximum atomic E-state index is 11.4. The van der Waals surface area contributed by atoms with Gasteiger partial charge in [0.05, 0.1) is 17.6 Å². The molecule has 1 amide bonds. The molecular formula is C9H18N2O4S. The van der Waals surface area contributed by atoms with Gasteiger partial charge in [0.25, 0.3) is 0 Å². The SMILES string of the molecule is C[C@H](O)CNC(=O)CC1CS(=O)(=O)CCN1. The van der Waals surface area contributed by atoms with Crippen LogP contribution >= 0.6 is 0 Å². The van der Waals surface area contributed by atoms with Crippen molar-refractivity contribution in [3.8, 4) is 0 Å². The molecule has 94 valence electrons. The largest absolute Gasteiger partial charge is 0.392 e. The molecule has 6 nitrogen and oxygen atoms in total. The third-order valence-electron chi connectivity index (χ3n) is 2.33. The molecule has 1 rings (SSSR count). The van der Waals surface area contributed by atoms with E-state index in [1.807, 2.05) is 0 Å². The van der Waals surface area contributed by atoms with E-state index in [1.165, 1.54) is 0 Å². The van der Waals surface area contributed by atoms with Crippen LogP contribution in [0.2, 0.25) is 0 Å². The van der Waals surface area contributed by atoms with Crippen molar-refractivity contribution in [2.75, 3.05) is 24.6 Å². The molecule has 1 aliphatic heterocycles. The van der Waals surface area contributed by atoms with Gasteiger partial charge in [-0.25, -0.2) is 8.42 Å². The summed E-state index contributed by atoms with van der Waals surface area (Å²) >= 11 is 0. The van der Waals surface area contributed by atoms with Crippen molar-refractivity contribution in [3.63, 3.8) is 0 Å². The third kappa shape index (κ3) is 4.91. The molecule has 0 spiro atoms. The Kier molecular flexibility index (Phi) is 4.69. The topological polar surface area (TPSA) is 95.5 Å². The number of rotatable bonds is 4. The van der Waals surface area contributed by atoms with E-state index in [1.54, 1.807) is 6.92 Å². The van der Waals surface area contributed by atoms with Gasteiger partial charge in [0.1, 0.15) is 0 Å². The Morgan fingerprint density at radius 1 is 1.62 bits per heavy atom. The molecule has 7 heteroatoms. The second-order valence-corrected chi connectivity index (χ2v) is 6.35. The van der Waals surface area contributed by atoms with Crippen molar-refractivity contribution >= 4 is 15.7 Å². The molecule has 1 unspecified atom stereocenters. The highest BCUT2D eigenvalue weighted by Crippen LogP contribution is 2.04. The molecule has 0 aliphatic carbocycles. The molecule has 0 aromatic carbocycles. The van der Waals surface area contributed by atoms with E-state index >= 15 is 0 Å². The number of hydrogen-bond donors (Lipinski definition) is 3. The molecule has 0 saturated carbocycles. The van der Waals surface area contributed by atoms with Crippen molar-refractivity contribution < 1.29 is 18.3 Å². The number of carbonyl (C=O) groups excluding carboxylic acids is 1. The average Bonchev–Trinajstić information content (AvgIpc) is 2.13.